The quantitative estimate of drug-likeness (QED) is 0.867. The van der Waals surface area contributed by atoms with Gasteiger partial charge in [-0.2, -0.15) is 0 Å². The molecule has 2 aliphatic rings. The molecule has 0 saturated carbocycles. The lowest BCUT2D eigenvalue weighted by Gasteiger charge is -2.34. The molecule has 1 saturated heterocycles. The van der Waals surface area contributed by atoms with Crippen molar-refractivity contribution in [1.29, 1.82) is 0 Å². The minimum Gasteiger partial charge on any atom is -0.481 e. The van der Waals surface area contributed by atoms with Crippen molar-refractivity contribution in [2.75, 3.05) is 26.2 Å². The summed E-state index contributed by atoms with van der Waals surface area (Å²) >= 11 is 1.69. The summed E-state index contributed by atoms with van der Waals surface area (Å²) in [5, 5.41) is 5.40. The van der Waals surface area contributed by atoms with Crippen molar-refractivity contribution in [3.8, 4) is 5.06 Å². The molecule has 0 aromatic carbocycles. The van der Waals surface area contributed by atoms with E-state index in [9.17, 15) is 4.79 Å². The van der Waals surface area contributed by atoms with Gasteiger partial charge in [0.1, 0.15) is 6.10 Å². The number of amides is 1. The van der Waals surface area contributed by atoms with Gasteiger partial charge in [-0.25, -0.2) is 4.79 Å². The fourth-order valence-electron chi connectivity index (χ4n) is 3.37. The van der Waals surface area contributed by atoms with Gasteiger partial charge < -0.3 is 19.8 Å². The molecule has 0 unspecified atom stereocenters. The van der Waals surface area contributed by atoms with Crippen LogP contribution in [0.15, 0.2) is 6.07 Å². The third-order valence-electron chi connectivity index (χ3n) is 4.85. The summed E-state index contributed by atoms with van der Waals surface area (Å²) in [6.45, 7) is 10.6. The Morgan fingerprint density at radius 2 is 2.12 bits per heavy atom. The topological polar surface area (TPSA) is 54.0 Å². The Kier molecular flexibility index (Phi) is 6.19. The van der Waals surface area contributed by atoms with Crippen LogP contribution in [0.2, 0.25) is 0 Å². The monoisotopic (exact) mass is 367 g/mol. The molecule has 6 nitrogen and oxygen atoms in total. The molecule has 3 heterocycles. The number of nitrogens with zero attached hydrogens (tertiary/aromatic N) is 2. The van der Waals surface area contributed by atoms with Crippen molar-refractivity contribution in [2.45, 2.75) is 58.7 Å². The first kappa shape index (κ1) is 18.5. The molecule has 25 heavy (non-hydrogen) atoms. The number of hydrogen-bond acceptors (Lipinski definition) is 6. The van der Waals surface area contributed by atoms with E-state index >= 15 is 0 Å². The van der Waals surface area contributed by atoms with Crippen molar-refractivity contribution in [2.24, 2.45) is 0 Å². The molecule has 7 heteroatoms. The van der Waals surface area contributed by atoms with Crippen molar-refractivity contribution < 1.29 is 14.4 Å². The second-order valence-electron chi connectivity index (χ2n) is 6.98. The number of carbonyl (C=O) groups excluding carboxylic acids is 1. The zero-order valence-corrected chi connectivity index (χ0v) is 16.2. The minimum atomic E-state index is -0.379. The Labute approximate surface area is 154 Å². The number of carbonyl (C=O) groups is 1. The molecule has 0 spiro atoms. The van der Waals surface area contributed by atoms with E-state index in [4.69, 9.17) is 9.57 Å². The lowest BCUT2D eigenvalue weighted by atomic mass is 10.1. The number of fused-ring (bicyclic) bond motifs is 1. The van der Waals surface area contributed by atoms with E-state index in [1.165, 1.54) is 10.4 Å². The zero-order chi connectivity index (χ0) is 17.8. The normalized spacial score (nSPS) is 19.7. The summed E-state index contributed by atoms with van der Waals surface area (Å²) in [5.74, 6) is 0. The number of hydrogen-bond donors (Lipinski definition) is 1. The predicted octanol–water partition coefficient (Wildman–Crippen LogP) is 3.02. The van der Waals surface area contributed by atoms with E-state index in [0.717, 1.165) is 44.0 Å². The molecule has 0 bridgehead atoms. The van der Waals surface area contributed by atoms with E-state index in [2.05, 4.69) is 30.1 Å². The largest absolute Gasteiger partial charge is 0.481 e. The molecular formula is C18H29N3O3S. The molecular weight excluding hydrogens is 338 g/mol. The highest BCUT2D eigenvalue weighted by atomic mass is 32.1. The molecule has 0 radical (unpaired) electrons. The highest BCUT2D eigenvalue weighted by Crippen LogP contribution is 2.35. The second-order valence-corrected chi connectivity index (χ2v) is 8.08. The molecule has 2 aliphatic heterocycles. The maximum atomic E-state index is 11.6. The van der Waals surface area contributed by atoms with Crippen LogP contribution in [0.1, 0.15) is 44.1 Å². The summed E-state index contributed by atoms with van der Waals surface area (Å²) in [6.07, 6.45) is 3.01. The fraction of sp³-hybridized carbons (Fsp3) is 0.722. The Hall–Kier alpha value is -1.31. The number of piperidine rings is 1. The molecule has 0 atom stereocenters. The first-order valence-electron chi connectivity index (χ1n) is 9.28. The standard InChI is InChI=1S/C18H29N3O3S/c1-4-19-18(22)24-21-10-5-14-11-17(25-16(14)12-21)23-15-6-8-20(9-7-15)13(2)3/h11,13,15H,4-10,12H2,1-3H3,(H,19,22). The molecule has 140 valence electrons. The molecule has 1 aromatic rings. The Bertz CT molecular complexity index is 582. The highest BCUT2D eigenvalue weighted by molar-refractivity contribution is 7.14. The van der Waals surface area contributed by atoms with Crippen LogP contribution in [-0.4, -0.2) is 54.4 Å². The molecule has 1 aromatic heterocycles. The summed E-state index contributed by atoms with van der Waals surface area (Å²) in [4.78, 5) is 20.6. The fourth-order valence-corrected chi connectivity index (χ4v) is 4.50. The van der Waals surface area contributed by atoms with E-state index in [1.54, 1.807) is 16.4 Å². The van der Waals surface area contributed by atoms with Crippen LogP contribution in [0, 0.1) is 0 Å². The molecule has 1 amide bonds. The van der Waals surface area contributed by atoms with Crippen LogP contribution < -0.4 is 10.1 Å². The van der Waals surface area contributed by atoms with Gasteiger partial charge in [0.25, 0.3) is 0 Å². The van der Waals surface area contributed by atoms with Gasteiger partial charge in [0.2, 0.25) is 0 Å². The van der Waals surface area contributed by atoms with Crippen molar-refractivity contribution in [3.05, 3.63) is 16.5 Å². The van der Waals surface area contributed by atoms with E-state index in [1.807, 2.05) is 6.92 Å². The molecule has 3 rings (SSSR count). The van der Waals surface area contributed by atoms with E-state index in [-0.39, 0.29) is 6.09 Å². The van der Waals surface area contributed by atoms with Crippen LogP contribution in [0.5, 0.6) is 5.06 Å². The number of hydroxylamine groups is 2. The van der Waals surface area contributed by atoms with Gasteiger partial charge in [-0.05, 0) is 51.7 Å². The van der Waals surface area contributed by atoms with Gasteiger partial charge in [0.15, 0.2) is 5.06 Å². The third kappa shape index (κ3) is 4.86. The Balaban J connectivity index is 1.52. The van der Waals surface area contributed by atoms with Crippen LogP contribution in [0.4, 0.5) is 4.79 Å². The number of likely N-dealkylation sites (tertiary alicyclic amines) is 1. The molecule has 1 fully saturated rings. The van der Waals surface area contributed by atoms with Crippen LogP contribution in [0.3, 0.4) is 0 Å². The smallest absolute Gasteiger partial charge is 0.426 e. The predicted molar refractivity (Wildman–Crippen MR) is 98.9 cm³/mol. The van der Waals surface area contributed by atoms with Gasteiger partial charge in [0.05, 0.1) is 6.54 Å². The molecule has 1 N–H and O–H groups in total. The average Bonchev–Trinajstić information content (AvgIpc) is 2.97. The van der Waals surface area contributed by atoms with E-state index in [0.29, 0.717) is 25.2 Å². The summed E-state index contributed by atoms with van der Waals surface area (Å²) in [6, 6.07) is 2.80. The second kappa shape index (κ2) is 8.38. The average molecular weight is 368 g/mol. The number of ether oxygens (including phenoxy) is 1. The van der Waals surface area contributed by atoms with Crippen LogP contribution in [-0.2, 0) is 17.8 Å². The van der Waals surface area contributed by atoms with Crippen molar-refractivity contribution in [1.82, 2.24) is 15.3 Å². The summed E-state index contributed by atoms with van der Waals surface area (Å²) in [5.41, 5.74) is 1.33. The third-order valence-corrected chi connectivity index (χ3v) is 5.90. The summed E-state index contributed by atoms with van der Waals surface area (Å²) < 4.78 is 6.24. The maximum Gasteiger partial charge on any atom is 0.426 e. The Morgan fingerprint density at radius 1 is 1.36 bits per heavy atom. The van der Waals surface area contributed by atoms with Crippen LogP contribution >= 0.6 is 11.3 Å². The van der Waals surface area contributed by atoms with Crippen molar-refractivity contribution in [3.63, 3.8) is 0 Å². The lowest BCUT2D eigenvalue weighted by molar-refractivity contribution is -0.110. The molecule has 0 aliphatic carbocycles. The summed E-state index contributed by atoms with van der Waals surface area (Å²) in [7, 11) is 0. The maximum absolute atomic E-state index is 11.6. The van der Waals surface area contributed by atoms with Gasteiger partial charge in [-0.1, -0.05) is 0 Å². The number of thiophene rings is 1. The van der Waals surface area contributed by atoms with Crippen molar-refractivity contribution >= 4 is 17.4 Å². The first-order chi connectivity index (χ1) is 12.0. The van der Waals surface area contributed by atoms with Gasteiger partial charge >= 0.3 is 6.09 Å². The minimum absolute atomic E-state index is 0.317. The Morgan fingerprint density at radius 3 is 2.80 bits per heavy atom. The zero-order valence-electron chi connectivity index (χ0n) is 15.4. The SMILES string of the molecule is CCNC(=O)ON1CCc2cc(OC3CCN(C(C)C)CC3)sc2C1. The van der Waals surface area contributed by atoms with Crippen LogP contribution in [0.25, 0.3) is 0 Å². The van der Waals surface area contributed by atoms with E-state index < -0.39 is 0 Å². The van der Waals surface area contributed by atoms with Gasteiger partial charge in [-0.15, -0.1) is 16.4 Å². The number of rotatable bonds is 5. The highest BCUT2D eigenvalue weighted by Gasteiger charge is 2.25. The van der Waals surface area contributed by atoms with Gasteiger partial charge in [0, 0.05) is 37.1 Å². The number of nitrogens with one attached hydrogen (secondary N) is 1. The lowest BCUT2D eigenvalue weighted by Crippen LogP contribution is -2.41. The first-order valence-corrected chi connectivity index (χ1v) is 10.1. The van der Waals surface area contributed by atoms with Gasteiger partial charge in [-0.3, -0.25) is 0 Å².